The van der Waals surface area contributed by atoms with E-state index in [0.717, 1.165) is 11.3 Å². The first-order valence-electron chi connectivity index (χ1n) is 5.93. The number of halogens is 2. The predicted octanol–water partition coefficient (Wildman–Crippen LogP) is 3.96. The van der Waals surface area contributed by atoms with Crippen molar-refractivity contribution in [2.45, 2.75) is 0 Å². The molecule has 0 amide bonds. The molecule has 0 unspecified atom stereocenters. The minimum atomic E-state index is 0.375. The molecule has 0 N–H and O–H groups in total. The molecule has 0 atom stereocenters. The monoisotopic (exact) mass is 348 g/mol. The molecule has 20 heavy (non-hydrogen) atoms. The number of aromatic nitrogens is 4. The molecule has 0 bridgehead atoms. The summed E-state index contributed by atoms with van der Waals surface area (Å²) < 4.78 is 2.39. The average molecular weight is 350 g/mol. The molecule has 0 aliphatic heterocycles. The van der Waals surface area contributed by atoms with Crippen molar-refractivity contribution in [2.75, 3.05) is 0 Å². The lowest BCUT2D eigenvalue weighted by Crippen LogP contribution is -1.96. The van der Waals surface area contributed by atoms with Crippen molar-refractivity contribution in [3.8, 4) is 22.8 Å². The number of hydrogen-bond donors (Lipinski definition) is 0. The maximum absolute atomic E-state index is 6.19. The zero-order chi connectivity index (χ0) is 14.1. The van der Waals surface area contributed by atoms with E-state index in [1.807, 2.05) is 49.6 Å². The fourth-order valence-corrected chi connectivity index (χ4v) is 2.43. The van der Waals surface area contributed by atoms with Gasteiger partial charge >= 0.3 is 0 Å². The van der Waals surface area contributed by atoms with E-state index >= 15 is 0 Å². The van der Waals surface area contributed by atoms with E-state index in [2.05, 4.69) is 31.0 Å². The highest BCUT2D eigenvalue weighted by atomic mass is 79.9. The Hall–Kier alpha value is -1.72. The van der Waals surface area contributed by atoms with Crippen molar-refractivity contribution in [3.63, 3.8) is 0 Å². The third-order valence-corrected chi connectivity index (χ3v) is 4.05. The van der Waals surface area contributed by atoms with E-state index < -0.39 is 0 Å². The first-order chi connectivity index (χ1) is 9.65. The zero-order valence-electron chi connectivity index (χ0n) is 10.6. The molecule has 4 nitrogen and oxygen atoms in total. The summed E-state index contributed by atoms with van der Waals surface area (Å²) in [4.78, 5) is 8.84. The number of aryl methyl sites for hydroxylation is 1. The van der Waals surface area contributed by atoms with Crippen molar-refractivity contribution < 1.29 is 0 Å². The molecule has 2 heterocycles. The Balaban J connectivity index is 2.18. The second-order valence-electron chi connectivity index (χ2n) is 4.24. The molecule has 0 saturated carbocycles. The fraction of sp³-hybridized carbons (Fsp3) is 0.0714. The highest BCUT2D eigenvalue weighted by Gasteiger charge is 2.14. The zero-order valence-corrected chi connectivity index (χ0v) is 12.9. The van der Waals surface area contributed by atoms with Crippen molar-refractivity contribution >= 4 is 27.5 Å². The number of hydrogen-bond acceptors (Lipinski definition) is 3. The molecule has 2 aromatic heterocycles. The van der Waals surface area contributed by atoms with Crippen LogP contribution in [0, 0.1) is 0 Å². The van der Waals surface area contributed by atoms with E-state index in [1.54, 1.807) is 4.68 Å². The summed E-state index contributed by atoms with van der Waals surface area (Å²) in [6.45, 7) is 0. The average Bonchev–Trinajstić information content (AvgIpc) is 2.89. The van der Waals surface area contributed by atoms with E-state index in [1.165, 1.54) is 0 Å². The van der Waals surface area contributed by atoms with Crippen molar-refractivity contribution in [3.05, 3.63) is 52.2 Å². The topological polar surface area (TPSA) is 43.6 Å². The molecule has 0 aliphatic rings. The van der Waals surface area contributed by atoms with Crippen LogP contribution < -0.4 is 0 Å². The van der Waals surface area contributed by atoms with Crippen LogP contribution in [0.1, 0.15) is 0 Å². The SMILES string of the molecule is Cn1ccc(-c2nc(Cl)c(Br)c(-c3ccccc3)n2)n1. The van der Waals surface area contributed by atoms with Crippen LogP contribution in [0.4, 0.5) is 0 Å². The van der Waals surface area contributed by atoms with Crippen LogP contribution >= 0.6 is 27.5 Å². The lowest BCUT2D eigenvalue weighted by atomic mass is 10.1. The van der Waals surface area contributed by atoms with Gasteiger partial charge in [0, 0.05) is 18.8 Å². The van der Waals surface area contributed by atoms with Gasteiger partial charge in [-0.25, -0.2) is 9.97 Å². The molecule has 0 aliphatic carbocycles. The third-order valence-electron chi connectivity index (χ3n) is 2.80. The molecule has 0 saturated heterocycles. The Bertz CT molecular complexity index is 755. The Kier molecular flexibility index (Phi) is 3.54. The maximum Gasteiger partial charge on any atom is 0.182 e. The van der Waals surface area contributed by atoms with Gasteiger partial charge in [-0.2, -0.15) is 5.10 Å². The molecule has 100 valence electrons. The lowest BCUT2D eigenvalue weighted by Gasteiger charge is -2.07. The van der Waals surface area contributed by atoms with Gasteiger partial charge in [0.15, 0.2) is 5.82 Å². The summed E-state index contributed by atoms with van der Waals surface area (Å²) in [5.74, 6) is 0.512. The molecule has 3 rings (SSSR count). The quantitative estimate of drug-likeness (QED) is 0.658. The van der Waals surface area contributed by atoms with Crippen LogP contribution in [0.15, 0.2) is 47.1 Å². The van der Waals surface area contributed by atoms with E-state index in [0.29, 0.717) is 21.1 Å². The third kappa shape index (κ3) is 2.46. The highest BCUT2D eigenvalue weighted by molar-refractivity contribution is 9.10. The number of rotatable bonds is 2. The molecule has 0 radical (unpaired) electrons. The van der Waals surface area contributed by atoms with Gasteiger partial charge < -0.3 is 0 Å². The maximum atomic E-state index is 6.19. The molecule has 0 spiro atoms. The smallest absolute Gasteiger partial charge is 0.182 e. The van der Waals surface area contributed by atoms with Crippen LogP contribution in [0.3, 0.4) is 0 Å². The Morgan fingerprint density at radius 1 is 1.10 bits per heavy atom. The van der Waals surface area contributed by atoms with Crippen LogP contribution in [-0.2, 0) is 7.05 Å². The van der Waals surface area contributed by atoms with Crippen molar-refractivity contribution in [1.29, 1.82) is 0 Å². The van der Waals surface area contributed by atoms with Gasteiger partial charge in [-0.15, -0.1) is 0 Å². The Morgan fingerprint density at radius 3 is 2.50 bits per heavy atom. The minimum absolute atomic E-state index is 0.375. The summed E-state index contributed by atoms with van der Waals surface area (Å²) in [7, 11) is 1.85. The lowest BCUT2D eigenvalue weighted by molar-refractivity contribution is 0.768. The summed E-state index contributed by atoms with van der Waals surface area (Å²) in [6.07, 6.45) is 1.84. The van der Waals surface area contributed by atoms with Gasteiger partial charge in [-0.05, 0) is 22.0 Å². The van der Waals surface area contributed by atoms with Crippen LogP contribution in [0.5, 0.6) is 0 Å². The number of benzene rings is 1. The summed E-state index contributed by atoms with van der Waals surface area (Å²) in [6, 6.07) is 11.7. The largest absolute Gasteiger partial charge is 0.275 e. The second kappa shape index (κ2) is 5.34. The molecular weight excluding hydrogens is 340 g/mol. The fourth-order valence-electron chi connectivity index (χ4n) is 1.86. The molecule has 3 aromatic rings. The standard InChI is InChI=1S/C14H10BrClN4/c1-20-8-7-10(19-20)14-17-12(11(15)13(16)18-14)9-5-3-2-4-6-9/h2-8H,1H3. The molecule has 1 aromatic carbocycles. The van der Waals surface area contributed by atoms with Gasteiger partial charge in [0.25, 0.3) is 0 Å². The van der Waals surface area contributed by atoms with Gasteiger partial charge in [0.05, 0.1) is 10.2 Å². The summed E-state index contributed by atoms with van der Waals surface area (Å²) >= 11 is 9.64. The Morgan fingerprint density at radius 2 is 1.85 bits per heavy atom. The van der Waals surface area contributed by atoms with Crippen LogP contribution in [0.25, 0.3) is 22.8 Å². The number of nitrogens with zero attached hydrogens (tertiary/aromatic N) is 4. The molecular formula is C14H10BrClN4. The summed E-state index contributed by atoms with van der Waals surface area (Å²) in [5, 5.41) is 4.68. The van der Waals surface area contributed by atoms with E-state index in [9.17, 15) is 0 Å². The first kappa shape index (κ1) is 13.3. The van der Waals surface area contributed by atoms with Gasteiger partial charge in [0.1, 0.15) is 10.8 Å². The van der Waals surface area contributed by atoms with Gasteiger partial charge in [0.2, 0.25) is 0 Å². The second-order valence-corrected chi connectivity index (χ2v) is 5.39. The first-order valence-corrected chi connectivity index (χ1v) is 7.11. The van der Waals surface area contributed by atoms with Gasteiger partial charge in [-0.3, -0.25) is 4.68 Å². The van der Waals surface area contributed by atoms with Crippen LogP contribution in [-0.4, -0.2) is 19.7 Å². The normalized spacial score (nSPS) is 10.8. The minimum Gasteiger partial charge on any atom is -0.275 e. The van der Waals surface area contributed by atoms with E-state index in [-0.39, 0.29) is 0 Å². The Labute approximate surface area is 129 Å². The summed E-state index contributed by atoms with van der Waals surface area (Å²) in [5.41, 5.74) is 2.42. The highest BCUT2D eigenvalue weighted by Crippen LogP contribution is 2.32. The van der Waals surface area contributed by atoms with Gasteiger partial charge in [-0.1, -0.05) is 41.9 Å². The predicted molar refractivity (Wildman–Crippen MR) is 82.4 cm³/mol. The van der Waals surface area contributed by atoms with Crippen molar-refractivity contribution in [1.82, 2.24) is 19.7 Å². The van der Waals surface area contributed by atoms with E-state index in [4.69, 9.17) is 11.6 Å². The molecule has 0 fully saturated rings. The molecule has 6 heteroatoms. The van der Waals surface area contributed by atoms with Crippen molar-refractivity contribution in [2.24, 2.45) is 7.05 Å². The van der Waals surface area contributed by atoms with Crippen LogP contribution in [0.2, 0.25) is 5.15 Å².